The van der Waals surface area contributed by atoms with Crippen LogP contribution in [0.15, 0.2) is 35.7 Å². The van der Waals surface area contributed by atoms with E-state index < -0.39 is 36.0 Å². The van der Waals surface area contributed by atoms with E-state index in [1.54, 1.807) is 5.38 Å². The Hall–Kier alpha value is -4.00. The van der Waals surface area contributed by atoms with Gasteiger partial charge in [-0.2, -0.15) is 0 Å². The second-order valence-corrected chi connectivity index (χ2v) is 11.3. The smallest absolute Gasteiger partial charge is 0.410 e. The summed E-state index contributed by atoms with van der Waals surface area (Å²) in [6.07, 6.45) is 1.17. The van der Waals surface area contributed by atoms with Gasteiger partial charge in [0.15, 0.2) is 0 Å². The minimum Gasteiger partial charge on any atom is -0.448 e. The van der Waals surface area contributed by atoms with Gasteiger partial charge in [-0.15, -0.1) is 11.3 Å². The summed E-state index contributed by atoms with van der Waals surface area (Å²) >= 11 is 1.24. The highest BCUT2D eigenvalue weighted by Crippen LogP contribution is 2.26. The molecule has 1 saturated heterocycles. The van der Waals surface area contributed by atoms with Crippen molar-refractivity contribution in [3.8, 4) is 0 Å². The number of aromatic nitrogens is 1. The maximum absolute atomic E-state index is 13.4. The Kier molecular flexibility index (Phi) is 10.3. The van der Waals surface area contributed by atoms with Crippen molar-refractivity contribution in [1.29, 1.82) is 0 Å². The monoisotopic (exact) mass is 584 g/mol. The van der Waals surface area contributed by atoms with Crippen molar-refractivity contribution >= 4 is 41.1 Å². The second-order valence-electron chi connectivity index (χ2n) is 10.5. The number of cyclic esters (lactones) is 1. The van der Waals surface area contributed by atoms with Crippen molar-refractivity contribution in [1.82, 2.24) is 31.2 Å². The lowest BCUT2D eigenvalue weighted by atomic mass is 10.0. The lowest BCUT2D eigenvalue weighted by Crippen LogP contribution is -2.51. The molecule has 12 nitrogen and oxygen atoms in total. The Labute approximate surface area is 242 Å². The number of hydrogen-bond acceptors (Lipinski definition) is 8. The van der Waals surface area contributed by atoms with E-state index in [0.29, 0.717) is 43.8 Å². The first-order valence-corrected chi connectivity index (χ1v) is 14.7. The van der Waals surface area contributed by atoms with Gasteiger partial charge in [0.05, 0.1) is 12.6 Å². The molecular formula is C28H36N6O6S. The number of benzene rings is 1. The van der Waals surface area contributed by atoms with Crippen molar-refractivity contribution in [2.24, 2.45) is 5.92 Å². The van der Waals surface area contributed by atoms with Crippen LogP contribution in [0.3, 0.4) is 0 Å². The molecule has 0 aliphatic carbocycles. The van der Waals surface area contributed by atoms with Crippen LogP contribution in [0.1, 0.15) is 60.2 Å². The number of nitrogens with one attached hydrogen (secondary N) is 4. The van der Waals surface area contributed by atoms with Crippen LogP contribution in [0.25, 0.3) is 0 Å². The molecule has 2 aliphatic rings. The molecule has 4 rings (SSSR count). The Morgan fingerprint density at radius 1 is 1.12 bits per heavy atom. The number of ether oxygens (including phenoxy) is 1. The summed E-state index contributed by atoms with van der Waals surface area (Å²) < 4.78 is 4.88. The molecule has 4 N–H and O–H groups in total. The Balaban J connectivity index is 1.53. The molecule has 3 heterocycles. The number of fused-ring (bicyclic) bond motifs is 2. The van der Waals surface area contributed by atoms with Gasteiger partial charge in [-0.1, -0.05) is 44.2 Å². The highest BCUT2D eigenvalue weighted by atomic mass is 32.1. The summed E-state index contributed by atoms with van der Waals surface area (Å²) in [6, 6.07) is 7.28. The van der Waals surface area contributed by atoms with Crippen molar-refractivity contribution in [3.63, 3.8) is 0 Å². The Morgan fingerprint density at radius 2 is 1.90 bits per heavy atom. The average molecular weight is 585 g/mol. The van der Waals surface area contributed by atoms with Gasteiger partial charge in [0, 0.05) is 18.3 Å². The van der Waals surface area contributed by atoms with E-state index in [-0.39, 0.29) is 36.6 Å². The molecule has 2 aliphatic heterocycles. The first-order chi connectivity index (χ1) is 19.7. The summed E-state index contributed by atoms with van der Waals surface area (Å²) in [5.74, 6) is -1.71. The van der Waals surface area contributed by atoms with Crippen LogP contribution in [0.4, 0.5) is 4.79 Å². The Morgan fingerprint density at radius 3 is 2.61 bits per heavy atom. The van der Waals surface area contributed by atoms with Crippen molar-refractivity contribution in [2.75, 3.05) is 26.2 Å². The molecule has 0 spiro atoms. The van der Waals surface area contributed by atoms with Crippen molar-refractivity contribution < 1.29 is 28.7 Å². The fraction of sp³-hybridized carbons (Fsp3) is 0.500. The van der Waals surface area contributed by atoms with Gasteiger partial charge >= 0.3 is 6.09 Å². The molecule has 41 heavy (non-hydrogen) atoms. The first kappa shape index (κ1) is 30.0. The van der Waals surface area contributed by atoms with Crippen LogP contribution in [0, 0.1) is 5.92 Å². The predicted molar refractivity (Wildman–Crippen MR) is 151 cm³/mol. The number of carbonyl (C=O) groups excluding carboxylic acids is 5. The highest BCUT2D eigenvalue weighted by molar-refractivity contribution is 7.09. The topological polar surface area (TPSA) is 159 Å². The number of rotatable bonds is 6. The van der Waals surface area contributed by atoms with Gasteiger partial charge in [0.25, 0.3) is 5.91 Å². The Bertz CT molecular complexity index is 1250. The van der Waals surface area contributed by atoms with E-state index in [0.717, 1.165) is 5.56 Å². The zero-order chi connectivity index (χ0) is 29.4. The van der Waals surface area contributed by atoms with Crippen LogP contribution in [-0.2, 0) is 25.5 Å². The molecule has 2 aromatic rings. The van der Waals surface area contributed by atoms with Gasteiger partial charge in [0.1, 0.15) is 35.9 Å². The third kappa shape index (κ3) is 8.26. The summed E-state index contributed by atoms with van der Waals surface area (Å²) in [5.41, 5.74) is 1.06. The van der Waals surface area contributed by atoms with Crippen LogP contribution < -0.4 is 21.3 Å². The quantitative estimate of drug-likeness (QED) is 0.401. The molecule has 1 fully saturated rings. The maximum atomic E-state index is 13.4. The molecule has 0 radical (unpaired) electrons. The van der Waals surface area contributed by atoms with Gasteiger partial charge < -0.3 is 26.0 Å². The van der Waals surface area contributed by atoms with Gasteiger partial charge in [0.2, 0.25) is 17.7 Å². The second kappa shape index (κ2) is 14.1. The lowest BCUT2D eigenvalue weighted by Gasteiger charge is -2.25. The van der Waals surface area contributed by atoms with Crippen LogP contribution in [-0.4, -0.2) is 77.9 Å². The van der Waals surface area contributed by atoms with E-state index in [1.807, 2.05) is 44.2 Å². The fourth-order valence-electron chi connectivity index (χ4n) is 4.65. The van der Waals surface area contributed by atoms with E-state index in [2.05, 4.69) is 26.3 Å². The van der Waals surface area contributed by atoms with Crippen LogP contribution in [0.5, 0.6) is 0 Å². The lowest BCUT2D eigenvalue weighted by molar-refractivity contribution is -0.130. The van der Waals surface area contributed by atoms with Crippen molar-refractivity contribution in [2.45, 2.75) is 57.7 Å². The third-order valence-electron chi connectivity index (χ3n) is 6.94. The van der Waals surface area contributed by atoms with Gasteiger partial charge in [-0.3, -0.25) is 24.1 Å². The summed E-state index contributed by atoms with van der Waals surface area (Å²) in [4.78, 5) is 69.9. The average Bonchev–Trinajstić information content (AvgIpc) is 3.59. The number of hydrogen-bond donors (Lipinski definition) is 4. The SMILES string of the molecule is CC(C)[C@H]1NC(=O)[C@@H](NC(=O)CN2CCOC2=O)CCCCNC(=O)[C@@H](Cc2ccccc2)NC(=O)c2csc1n2. The zero-order valence-electron chi connectivity index (χ0n) is 23.2. The molecular weight excluding hydrogens is 548 g/mol. The van der Waals surface area contributed by atoms with Crippen molar-refractivity contribution in [3.05, 3.63) is 52.0 Å². The molecule has 13 heteroatoms. The van der Waals surface area contributed by atoms with Crippen LogP contribution in [0.2, 0.25) is 0 Å². The van der Waals surface area contributed by atoms with Crippen LogP contribution >= 0.6 is 11.3 Å². The van der Waals surface area contributed by atoms with Gasteiger partial charge in [-0.25, -0.2) is 9.78 Å². The van der Waals surface area contributed by atoms with E-state index in [9.17, 15) is 24.0 Å². The minimum atomic E-state index is -0.862. The number of thiazole rings is 1. The molecule has 1 aromatic carbocycles. The number of nitrogens with zero attached hydrogens (tertiary/aromatic N) is 2. The molecule has 3 atom stereocenters. The van der Waals surface area contributed by atoms with E-state index in [1.165, 1.54) is 16.2 Å². The minimum absolute atomic E-state index is 0.0628. The standard InChI is InChI=1S/C28H36N6O6S/c1-17(2)23-27-32-21(16-41-27)26(38)31-20(14-18-8-4-3-5-9-18)24(36)29-11-7-6-10-19(25(37)33-23)30-22(35)15-34-12-13-40-28(34)39/h3-5,8-9,16-17,19-20,23H,6-7,10-15H2,1-2H3,(H,29,36)(H,30,35)(H,31,38)(H,33,37)/t19-,20+,23+/m0/s1. The summed E-state index contributed by atoms with van der Waals surface area (Å²) in [5, 5.41) is 13.6. The molecule has 220 valence electrons. The number of amides is 5. The molecule has 0 saturated carbocycles. The molecule has 5 amide bonds. The third-order valence-corrected chi connectivity index (χ3v) is 7.87. The van der Waals surface area contributed by atoms with E-state index >= 15 is 0 Å². The van der Waals surface area contributed by atoms with Gasteiger partial charge in [-0.05, 0) is 30.7 Å². The maximum Gasteiger partial charge on any atom is 0.410 e. The number of carbonyl (C=O) groups is 5. The predicted octanol–water partition coefficient (Wildman–Crippen LogP) is 1.53. The summed E-state index contributed by atoms with van der Waals surface area (Å²) in [6.45, 7) is 4.51. The van der Waals surface area contributed by atoms with E-state index in [4.69, 9.17) is 4.74 Å². The normalized spacial score (nSPS) is 22.5. The summed E-state index contributed by atoms with van der Waals surface area (Å²) in [7, 11) is 0. The molecule has 1 aromatic heterocycles. The molecule has 2 bridgehead atoms. The largest absolute Gasteiger partial charge is 0.448 e. The highest BCUT2D eigenvalue weighted by Gasteiger charge is 2.31. The molecule has 0 unspecified atom stereocenters. The first-order valence-electron chi connectivity index (χ1n) is 13.8. The fourth-order valence-corrected chi connectivity index (χ4v) is 5.67. The zero-order valence-corrected chi connectivity index (χ0v) is 24.0.